The summed E-state index contributed by atoms with van der Waals surface area (Å²) in [4.78, 5) is 71.3. The molecule has 0 fully saturated rings. The Kier molecular flexibility index (Phi) is 18.8. The van der Waals surface area contributed by atoms with Crippen LogP contribution in [0.15, 0.2) is 36.4 Å². The largest absolute Gasteiger partial charge is 0.478 e. The highest BCUT2D eigenvalue weighted by molar-refractivity contribution is 6.09. The van der Waals surface area contributed by atoms with Gasteiger partial charge in [-0.3, -0.25) is 0 Å². The Hall–Kier alpha value is -4.64. The molecule has 2 N–H and O–H groups in total. The van der Waals surface area contributed by atoms with Gasteiger partial charge in [0.25, 0.3) is 0 Å². The van der Waals surface area contributed by atoms with Crippen molar-refractivity contribution in [1.82, 2.24) is 0 Å². The molecule has 0 aliphatic heterocycles. The number of hydrogen-bond donors (Lipinski definition) is 2. The zero-order valence-corrected chi connectivity index (χ0v) is 25.7. The molecule has 1 aromatic rings. The number of carboxylic acids is 2. The molecule has 0 saturated carbocycles. The van der Waals surface area contributed by atoms with Crippen molar-refractivity contribution in [3.63, 3.8) is 0 Å². The number of rotatable bonds is 24. The van der Waals surface area contributed by atoms with Crippen LogP contribution in [0.3, 0.4) is 0 Å². The molecule has 0 aromatic heterocycles. The van der Waals surface area contributed by atoms with Gasteiger partial charge in [-0.15, -0.1) is 0 Å². The summed E-state index contributed by atoms with van der Waals surface area (Å²) in [6.07, 6.45) is 0. The van der Waals surface area contributed by atoms with E-state index >= 15 is 0 Å². The van der Waals surface area contributed by atoms with Crippen molar-refractivity contribution < 1.29 is 76.9 Å². The summed E-state index contributed by atoms with van der Waals surface area (Å²) < 4.78 is 40.7. The summed E-state index contributed by atoms with van der Waals surface area (Å²) >= 11 is 0. The second kappa shape index (κ2) is 22.0. The second-order valence-corrected chi connectivity index (χ2v) is 9.11. The predicted molar refractivity (Wildman–Crippen MR) is 156 cm³/mol. The fraction of sp³-hybridized carbons (Fsp3) is 0.467. The maximum Gasteiger partial charge on any atom is 0.339 e. The van der Waals surface area contributed by atoms with E-state index in [2.05, 4.69) is 13.2 Å². The van der Waals surface area contributed by atoms with Crippen molar-refractivity contribution in [2.24, 2.45) is 0 Å². The highest BCUT2D eigenvalue weighted by atomic mass is 16.6. The Morgan fingerprint density at radius 2 is 0.739 bits per heavy atom. The molecule has 0 saturated heterocycles. The van der Waals surface area contributed by atoms with Crippen LogP contribution in [-0.2, 0) is 47.5 Å². The van der Waals surface area contributed by atoms with Crippen LogP contribution < -0.4 is 0 Å². The lowest BCUT2D eigenvalue weighted by Crippen LogP contribution is -2.20. The number of benzene rings is 1. The highest BCUT2D eigenvalue weighted by Gasteiger charge is 2.27. The first-order valence-electron chi connectivity index (χ1n) is 13.8. The number of esters is 4. The van der Waals surface area contributed by atoms with Gasteiger partial charge in [0.2, 0.25) is 0 Å². The first-order valence-corrected chi connectivity index (χ1v) is 13.8. The summed E-state index contributed by atoms with van der Waals surface area (Å²) in [6.45, 7) is 10.0. The van der Waals surface area contributed by atoms with Crippen LogP contribution in [0.25, 0.3) is 0 Å². The fourth-order valence-corrected chi connectivity index (χ4v) is 3.11. The third-order valence-corrected chi connectivity index (χ3v) is 5.34. The van der Waals surface area contributed by atoms with Gasteiger partial charge in [-0.05, 0) is 26.0 Å². The van der Waals surface area contributed by atoms with Crippen molar-refractivity contribution in [3.05, 3.63) is 58.7 Å². The minimum absolute atomic E-state index is 0.0354. The third kappa shape index (κ3) is 15.4. The monoisotopic (exact) mass is 654 g/mol. The van der Waals surface area contributed by atoms with Crippen LogP contribution in [0.2, 0.25) is 0 Å². The quantitative estimate of drug-likeness (QED) is 0.0701. The summed E-state index contributed by atoms with van der Waals surface area (Å²) in [5.41, 5.74) is -2.00. The molecule has 0 aliphatic rings. The van der Waals surface area contributed by atoms with E-state index < -0.39 is 58.1 Å². The highest BCUT2D eigenvalue weighted by Crippen LogP contribution is 2.20. The van der Waals surface area contributed by atoms with Crippen molar-refractivity contribution in [2.45, 2.75) is 13.8 Å². The van der Waals surface area contributed by atoms with Crippen LogP contribution in [0, 0.1) is 0 Å². The Morgan fingerprint density at radius 1 is 0.478 bits per heavy atom. The van der Waals surface area contributed by atoms with Gasteiger partial charge in [-0.1, -0.05) is 13.2 Å². The summed E-state index contributed by atoms with van der Waals surface area (Å²) in [5, 5.41) is 19.1. The van der Waals surface area contributed by atoms with Gasteiger partial charge in [0, 0.05) is 11.1 Å². The molecule has 0 atom stereocenters. The summed E-state index contributed by atoms with van der Waals surface area (Å²) in [5.74, 6) is -6.59. The zero-order valence-electron chi connectivity index (χ0n) is 25.7. The molecule has 0 radical (unpaired) electrons. The molecule has 46 heavy (non-hydrogen) atoms. The molecule has 0 unspecified atom stereocenters. The Bertz CT molecular complexity index is 1160. The lowest BCUT2D eigenvalue weighted by Gasteiger charge is -2.13. The normalized spacial score (nSPS) is 10.5. The number of carboxylic acid groups (broad SMARTS) is 2. The molecular weight excluding hydrogens is 616 g/mol. The second-order valence-electron chi connectivity index (χ2n) is 9.11. The van der Waals surface area contributed by atoms with E-state index in [4.69, 9.17) is 37.9 Å². The number of carbonyl (C=O) groups is 6. The van der Waals surface area contributed by atoms with Crippen LogP contribution in [0.1, 0.15) is 55.3 Å². The van der Waals surface area contributed by atoms with E-state index in [0.29, 0.717) is 6.07 Å². The molecule has 0 amide bonds. The molecule has 16 heteroatoms. The number of hydrogen-bond acceptors (Lipinski definition) is 14. The molecule has 1 rings (SSSR count). The summed E-state index contributed by atoms with van der Waals surface area (Å²) in [6, 6.07) is 1.45. The predicted octanol–water partition coefficient (Wildman–Crippen LogP) is 1.70. The molecule has 254 valence electrons. The molecule has 16 nitrogen and oxygen atoms in total. The van der Waals surface area contributed by atoms with E-state index in [-0.39, 0.29) is 90.4 Å². The topological polar surface area (TPSA) is 217 Å². The van der Waals surface area contributed by atoms with Crippen molar-refractivity contribution >= 4 is 35.8 Å². The van der Waals surface area contributed by atoms with Gasteiger partial charge in [-0.25, -0.2) is 28.8 Å². The van der Waals surface area contributed by atoms with Gasteiger partial charge >= 0.3 is 35.8 Å². The van der Waals surface area contributed by atoms with E-state index in [0.717, 1.165) is 6.07 Å². The standard InChI is InChI=1S/C30H38O16/c1-19(2)27(35)43-13-9-39-5-7-41-11-15-45-29(37)23-18-24(22(26(33)34)17-21(23)25(31)32)30(38)46-16-12-42-8-6-40-10-14-44-28(36)20(3)4/h17-18H,1,3,5-16H2,2,4H3,(H,31,32)(H,33,34). The Labute approximate surface area is 264 Å². The van der Waals surface area contributed by atoms with Crippen molar-refractivity contribution in [3.8, 4) is 0 Å². The first-order chi connectivity index (χ1) is 21.9. The molecule has 0 spiro atoms. The number of aromatic carboxylic acids is 2. The van der Waals surface area contributed by atoms with Crippen LogP contribution >= 0.6 is 0 Å². The van der Waals surface area contributed by atoms with Gasteiger partial charge in [0.05, 0.1) is 75.1 Å². The Balaban J connectivity index is 2.55. The Morgan fingerprint density at radius 3 is 1.02 bits per heavy atom. The maximum absolute atomic E-state index is 12.7. The average Bonchev–Trinajstić information content (AvgIpc) is 3.01. The van der Waals surface area contributed by atoms with Gasteiger partial charge < -0.3 is 48.1 Å². The lowest BCUT2D eigenvalue weighted by atomic mass is 9.98. The first kappa shape index (κ1) is 39.4. The van der Waals surface area contributed by atoms with Gasteiger partial charge in [0.15, 0.2) is 0 Å². The lowest BCUT2D eigenvalue weighted by molar-refractivity contribution is -0.141. The van der Waals surface area contributed by atoms with Gasteiger partial charge in [0.1, 0.15) is 26.4 Å². The molecule has 0 heterocycles. The minimum Gasteiger partial charge on any atom is -0.478 e. The SMILES string of the molecule is C=C(C)C(=O)OCCOCCOCCOC(=O)c1cc(C(=O)OCCOCCOCCOC(=O)C(=C)C)c(C(=O)O)cc1C(=O)O. The van der Waals surface area contributed by atoms with Crippen LogP contribution in [-0.4, -0.2) is 125 Å². The van der Waals surface area contributed by atoms with Gasteiger partial charge in [-0.2, -0.15) is 0 Å². The fourth-order valence-electron chi connectivity index (χ4n) is 3.11. The van der Waals surface area contributed by atoms with E-state index in [1.54, 1.807) is 0 Å². The number of carbonyl (C=O) groups excluding carboxylic acids is 4. The van der Waals surface area contributed by atoms with E-state index in [1.165, 1.54) is 13.8 Å². The van der Waals surface area contributed by atoms with E-state index in [1.807, 2.05) is 0 Å². The molecule has 0 bridgehead atoms. The van der Waals surface area contributed by atoms with E-state index in [9.17, 15) is 39.0 Å². The van der Waals surface area contributed by atoms with Crippen molar-refractivity contribution in [1.29, 1.82) is 0 Å². The van der Waals surface area contributed by atoms with Crippen molar-refractivity contribution in [2.75, 3.05) is 79.3 Å². The zero-order chi connectivity index (χ0) is 34.5. The molecule has 1 aromatic carbocycles. The van der Waals surface area contributed by atoms with Crippen LogP contribution in [0.5, 0.6) is 0 Å². The smallest absolute Gasteiger partial charge is 0.339 e. The maximum atomic E-state index is 12.7. The minimum atomic E-state index is -1.62. The molecule has 0 aliphatic carbocycles. The number of ether oxygens (including phenoxy) is 8. The third-order valence-electron chi connectivity index (χ3n) is 5.34. The molecular formula is C30H38O16. The summed E-state index contributed by atoms with van der Waals surface area (Å²) in [7, 11) is 0. The van der Waals surface area contributed by atoms with Crippen LogP contribution in [0.4, 0.5) is 0 Å². The average molecular weight is 655 g/mol.